The van der Waals surface area contributed by atoms with E-state index in [0.29, 0.717) is 0 Å². The van der Waals surface area contributed by atoms with Gasteiger partial charge < -0.3 is 4.13 Å². The summed E-state index contributed by atoms with van der Waals surface area (Å²) >= 11 is 0. The highest BCUT2D eigenvalue weighted by Crippen LogP contribution is 2.58. The van der Waals surface area contributed by atoms with Gasteiger partial charge in [-0.05, 0) is 17.8 Å². The Kier molecular flexibility index (Phi) is 11.7. The smallest absolute Gasteiger partial charge is 0.421 e. The van der Waals surface area contributed by atoms with Crippen LogP contribution >= 0.6 is 7.26 Å². The summed E-state index contributed by atoms with van der Waals surface area (Å²) in [6, 6.07) is 0. The predicted octanol–water partition coefficient (Wildman–Crippen LogP) is 5.66. The lowest BCUT2D eigenvalue weighted by molar-refractivity contribution is -0.0444. The number of hydrogen-bond acceptors (Lipinski definition) is 4. The molecule has 29 heavy (non-hydrogen) atoms. The topological polar surface area (TPSA) is 82.4 Å². The third-order valence-electron chi connectivity index (χ3n) is 3.20. The van der Waals surface area contributed by atoms with Gasteiger partial charge in [0.05, 0.1) is 18.5 Å². The first-order valence-corrected chi connectivity index (χ1v) is 14.3. The lowest BCUT2D eigenvalue weighted by Crippen LogP contribution is -2.30. The fourth-order valence-electron chi connectivity index (χ4n) is 3.08. The molecular formula is C15H30F6NO4PS2. The molecule has 0 atom stereocenters. The molecule has 0 fully saturated rings. The molecule has 0 unspecified atom stereocenters. The highest BCUT2D eigenvalue weighted by atomic mass is 32.3. The molecule has 14 heteroatoms. The average molecular weight is 498 g/mol. The number of rotatable bonds is 8. The van der Waals surface area contributed by atoms with Gasteiger partial charge in [0.2, 0.25) is 0 Å². The normalized spacial score (nSPS) is 14.3. The zero-order valence-corrected chi connectivity index (χ0v) is 20.0. The van der Waals surface area contributed by atoms with E-state index in [2.05, 4.69) is 48.2 Å². The summed E-state index contributed by atoms with van der Waals surface area (Å²) in [5, 5.41) is 0. The molecule has 0 bridgehead atoms. The first-order chi connectivity index (χ1) is 12.5. The maximum atomic E-state index is 11.4. The Hall–Kier alpha value is -0.130. The van der Waals surface area contributed by atoms with E-state index in [1.54, 1.807) is 0 Å². The molecule has 0 aromatic heterocycles. The van der Waals surface area contributed by atoms with Crippen molar-refractivity contribution in [2.24, 2.45) is 17.8 Å². The van der Waals surface area contributed by atoms with Crippen LogP contribution in [-0.4, -0.2) is 53.0 Å². The summed E-state index contributed by atoms with van der Waals surface area (Å²) < 4.78 is 109. The van der Waals surface area contributed by atoms with E-state index in [1.165, 1.54) is 18.5 Å². The zero-order chi connectivity index (χ0) is 24.1. The monoisotopic (exact) mass is 497 g/mol. The van der Waals surface area contributed by atoms with Crippen LogP contribution in [0.1, 0.15) is 41.5 Å². The number of halogens is 6. The quantitative estimate of drug-likeness (QED) is 0.320. The maximum Gasteiger partial charge on any atom is 0.480 e. The van der Waals surface area contributed by atoms with Crippen LogP contribution in [0.25, 0.3) is 4.13 Å². The van der Waals surface area contributed by atoms with Crippen LogP contribution in [0, 0.1) is 17.8 Å². The second-order valence-electron chi connectivity index (χ2n) is 8.26. The Morgan fingerprint density at radius 2 is 0.862 bits per heavy atom. The fourth-order valence-corrected chi connectivity index (χ4v) is 10.5. The molecule has 5 nitrogen and oxygen atoms in total. The average Bonchev–Trinajstić information content (AvgIpc) is 2.30. The summed E-state index contributed by atoms with van der Waals surface area (Å²) in [5.74, 6) is 2.64. The molecule has 0 heterocycles. The number of hydrogen-bond donors (Lipinski definition) is 0. The second kappa shape index (κ2) is 10.9. The highest BCUT2D eigenvalue weighted by molar-refractivity contribution is 8.13. The molecule has 0 aliphatic rings. The summed E-state index contributed by atoms with van der Waals surface area (Å²) in [7, 11) is -14.1. The van der Waals surface area contributed by atoms with Crippen LogP contribution in [-0.2, 0) is 20.0 Å². The third-order valence-corrected chi connectivity index (χ3v) is 10.8. The van der Waals surface area contributed by atoms with Crippen LogP contribution in [0.3, 0.4) is 0 Å². The van der Waals surface area contributed by atoms with Crippen LogP contribution in [0.2, 0.25) is 0 Å². The van der Waals surface area contributed by atoms with Crippen LogP contribution in [0.5, 0.6) is 0 Å². The van der Waals surface area contributed by atoms with Crippen molar-refractivity contribution in [1.29, 1.82) is 0 Å². The summed E-state index contributed by atoms with van der Waals surface area (Å²) in [6.07, 6.45) is 4.47. The summed E-state index contributed by atoms with van der Waals surface area (Å²) in [6.45, 7) is 16.8. The molecule has 0 aliphatic heterocycles. The Labute approximate surface area is 170 Å². The van der Waals surface area contributed by atoms with Gasteiger partial charge in [0.1, 0.15) is 0 Å². The number of alkyl halides is 6. The molecule has 0 amide bonds. The van der Waals surface area contributed by atoms with Gasteiger partial charge in [-0.1, -0.05) is 41.5 Å². The van der Waals surface area contributed by atoms with Crippen molar-refractivity contribution < 1.29 is 43.2 Å². The van der Waals surface area contributed by atoms with Crippen molar-refractivity contribution in [3.8, 4) is 0 Å². The zero-order valence-electron chi connectivity index (χ0n) is 17.5. The van der Waals surface area contributed by atoms with E-state index in [-0.39, 0.29) is 0 Å². The molecule has 0 N–H and O–H groups in total. The van der Waals surface area contributed by atoms with E-state index in [1.807, 2.05) is 0 Å². The van der Waals surface area contributed by atoms with Gasteiger partial charge in [-0.15, -0.1) is 0 Å². The van der Waals surface area contributed by atoms with Crippen molar-refractivity contribution >= 4 is 27.3 Å². The van der Waals surface area contributed by atoms with Gasteiger partial charge in [0.15, 0.2) is 20.0 Å². The van der Waals surface area contributed by atoms with Crippen molar-refractivity contribution in [2.45, 2.75) is 52.6 Å². The Morgan fingerprint density at radius 1 is 0.655 bits per heavy atom. The van der Waals surface area contributed by atoms with Crippen molar-refractivity contribution in [3.63, 3.8) is 0 Å². The fraction of sp³-hybridized carbons (Fsp3) is 1.00. The van der Waals surface area contributed by atoms with Crippen molar-refractivity contribution in [3.05, 3.63) is 4.13 Å². The predicted molar refractivity (Wildman–Crippen MR) is 105 cm³/mol. The van der Waals surface area contributed by atoms with E-state index in [4.69, 9.17) is 0 Å². The van der Waals surface area contributed by atoms with Gasteiger partial charge in [-0.3, -0.25) is 0 Å². The highest BCUT2D eigenvalue weighted by Gasteiger charge is 2.47. The largest absolute Gasteiger partial charge is 0.480 e. The first-order valence-electron chi connectivity index (χ1n) is 8.66. The second-order valence-corrected chi connectivity index (χ2v) is 16.0. The van der Waals surface area contributed by atoms with E-state index < -0.39 is 38.3 Å². The molecular weight excluding hydrogens is 467 g/mol. The van der Waals surface area contributed by atoms with Gasteiger partial charge in [-0.2, -0.15) is 26.3 Å². The van der Waals surface area contributed by atoms with Crippen molar-refractivity contribution in [1.82, 2.24) is 0 Å². The third kappa shape index (κ3) is 12.3. The molecule has 0 saturated carbocycles. The molecule has 0 aromatic carbocycles. The number of nitrogens with zero attached hydrogens (tertiary/aromatic N) is 1. The molecule has 0 radical (unpaired) electrons. The van der Waals surface area contributed by atoms with Crippen LogP contribution in [0.4, 0.5) is 26.3 Å². The molecule has 0 aromatic rings. The Balaban J connectivity index is 0. The SMILES string of the molecule is CC(C)C[P+](C)(CC(C)C)CC(C)C.O=S(=O)([N-]S(=O)(=O)C(F)(F)F)C(F)(F)F. The maximum absolute atomic E-state index is 11.4. The van der Waals surface area contributed by atoms with E-state index in [9.17, 15) is 43.2 Å². The molecule has 0 rings (SSSR count). The van der Waals surface area contributed by atoms with Gasteiger partial charge in [0, 0.05) is 13.9 Å². The van der Waals surface area contributed by atoms with E-state index >= 15 is 0 Å². The van der Waals surface area contributed by atoms with Gasteiger partial charge in [0.25, 0.3) is 0 Å². The lowest BCUT2D eigenvalue weighted by Gasteiger charge is -2.28. The van der Waals surface area contributed by atoms with Gasteiger partial charge >= 0.3 is 11.0 Å². The lowest BCUT2D eigenvalue weighted by atomic mass is 10.3. The first kappa shape index (κ1) is 31.1. The van der Waals surface area contributed by atoms with Crippen LogP contribution in [0.15, 0.2) is 0 Å². The van der Waals surface area contributed by atoms with E-state index in [0.717, 1.165) is 21.9 Å². The molecule has 0 aliphatic carbocycles. The minimum absolute atomic E-state index is 0.638. The molecule has 0 spiro atoms. The Morgan fingerprint density at radius 3 is 1.00 bits per heavy atom. The van der Waals surface area contributed by atoms with Crippen molar-refractivity contribution in [2.75, 3.05) is 25.2 Å². The van der Waals surface area contributed by atoms with Gasteiger partial charge in [-0.25, -0.2) is 16.8 Å². The minimum atomic E-state index is -6.72. The van der Waals surface area contributed by atoms with Crippen LogP contribution < -0.4 is 0 Å². The summed E-state index contributed by atoms with van der Waals surface area (Å²) in [4.78, 5) is 0. The minimum Gasteiger partial charge on any atom is -0.421 e. The molecule has 0 saturated heterocycles. The standard InChI is InChI=1S/C13H30P.C2F6NO4S2/c1-11(2)8-14(7,9-12(3)4)10-13(5)6;3-1(4,5)14(10,11)9-15(12,13)2(6,7)8/h11-13H,8-10H2,1-7H3;/q+1;-1. The summed E-state index contributed by atoms with van der Waals surface area (Å²) in [5.41, 5.74) is -12.4. The molecule has 178 valence electrons. The number of sulfonamides is 2. The Bertz CT molecular complexity index is 633.